The molecule has 0 aliphatic rings. The van der Waals surface area contributed by atoms with Crippen molar-refractivity contribution in [2.45, 2.75) is 6.42 Å². The Bertz CT molecular complexity index is 1520. The molecule has 0 fully saturated rings. The lowest BCUT2D eigenvalue weighted by molar-refractivity contribution is 1.29. The highest BCUT2D eigenvalue weighted by Gasteiger charge is 2.13. The number of hydrogen-bond donors (Lipinski definition) is 1. The van der Waals surface area contributed by atoms with Gasteiger partial charge in [-0.3, -0.25) is 0 Å². The molecular weight excluding hydrogens is 396 g/mol. The third-order valence-electron chi connectivity index (χ3n) is 5.62. The van der Waals surface area contributed by atoms with E-state index in [1.165, 1.54) is 53.8 Å². The Hall–Kier alpha value is -3.87. The number of fused-ring (bicyclic) bond motifs is 5. The van der Waals surface area contributed by atoms with Crippen molar-refractivity contribution < 1.29 is 0 Å². The van der Waals surface area contributed by atoms with Crippen LogP contribution in [0.3, 0.4) is 0 Å². The molecule has 5 aromatic rings. The van der Waals surface area contributed by atoms with Crippen molar-refractivity contribution in [2.75, 3.05) is 0 Å². The third kappa shape index (κ3) is 3.48. The maximum Gasteiger partial charge on any atom is 0.0988 e. The fourth-order valence-electron chi connectivity index (χ4n) is 4.17. The molecule has 0 bridgehead atoms. The first kappa shape index (κ1) is 19.1. The number of benzene rings is 4. The van der Waals surface area contributed by atoms with Crippen LogP contribution in [0.15, 0.2) is 103 Å². The maximum atomic E-state index is 9.31. The molecule has 3 heteroatoms. The smallest absolute Gasteiger partial charge is 0.0988 e. The molecule has 148 valence electrons. The summed E-state index contributed by atoms with van der Waals surface area (Å²) in [4.78, 5) is 0. The first-order valence-electron chi connectivity index (χ1n) is 10.2. The molecule has 0 amide bonds. The van der Waals surface area contributed by atoms with Crippen molar-refractivity contribution in [3.8, 4) is 17.2 Å². The van der Waals surface area contributed by atoms with E-state index in [1.54, 1.807) is 6.08 Å². The van der Waals surface area contributed by atoms with Gasteiger partial charge in [-0.15, -0.1) is 11.3 Å². The molecule has 5 rings (SSSR count). The van der Waals surface area contributed by atoms with Crippen LogP contribution in [0, 0.1) is 11.3 Å². The molecular formula is C28H20N2S. The summed E-state index contributed by atoms with van der Waals surface area (Å²) >= 11 is 1.83. The van der Waals surface area contributed by atoms with Crippen LogP contribution in [0.1, 0.15) is 5.56 Å². The van der Waals surface area contributed by atoms with Crippen LogP contribution in [-0.2, 0) is 6.42 Å². The molecule has 0 atom stereocenters. The fourth-order valence-corrected chi connectivity index (χ4v) is 5.39. The molecule has 2 nitrogen and oxygen atoms in total. The minimum Gasteiger partial charge on any atom is -0.405 e. The van der Waals surface area contributed by atoms with Crippen LogP contribution >= 0.6 is 11.3 Å². The summed E-state index contributed by atoms with van der Waals surface area (Å²) in [7, 11) is 0. The minimum atomic E-state index is 0.579. The Morgan fingerprint density at radius 1 is 0.839 bits per heavy atom. The molecule has 0 unspecified atom stereocenters. The molecule has 31 heavy (non-hydrogen) atoms. The summed E-state index contributed by atoms with van der Waals surface area (Å²) in [6, 6.07) is 30.3. The molecule has 0 saturated carbocycles. The Morgan fingerprint density at radius 3 is 2.39 bits per heavy atom. The van der Waals surface area contributed by atoms with Crippen LogP contribution < -0.4 is 5.73 Å². The molecule has 0 radical (unpaired) electrons. The topological polar surface area (TPSA) is 49.8 Å². The molecule has 0 aliphatic heterocycles. The van der Waals surface area contributed by atoms with Crippen molar-refractivity contribution in [3.63, 3.8) is 0 Å². The van der Waals surface area contributed by atoms with Crippen LogP contribution in [0.25, 0.3) is 42.1 Å². The van der Waals surface area contributed by atoms with E-state index in [1.807, 2.05) is 23.5 Å². The van der Waals surface area contributed by atoms with E-state index in [9.17, 15) is 5.26 Å². The van der Waals surface area contributed by atoms with E-state index >= 15 is 0 Å². The molecule has 0 spiro atoms. The summed E-state index contributed by atoms with van der Waals surface area (Å²) in [5.74, 6) is 0. The molecule has 1 heterocycles. The van der Waals surface area contributed by atoms with Crippen LogP contribution in [0.2, 0.25) is 0 Å². The lowest BCUT2D eigenvalue weighted by Crippen LogP contribution is -1.87. The average Bonchev–Trinajstić information content (AvgIpc) is 3.20. The summed E-state index contributed by atoms with van der Waals surface area (Å²) < 4.78 is 2.56. The monoisotopic (exact) mass is 416 g/mol. The summed E-state index contributed by atoms with van der Waals surface area (Å²) in [5.41, 5.74) is 9.73. The van der Waals surface area contributed by atoms with Gasteiger partial charge in [0, 0.05) is 25.7 Å². The van der Waals surface area contributed by atoms with Crippen LogP contribution in [-0.4, -0.2) is 0 Å². The standard InChI is InChI=1S/C28H20N2S/c29-15-14-19(18-30)10-11-22-17-27-28(24-9-5-4-8-23(22)24)25-13-12-21(16-26(25)31-27)20-6-2-1-3-7-20/h1-10,12-17H,11,29H2/b15-14-,19-10+. The highest BCUT2D eigenvalue weighted by molar-refractivity contribution is 7.26. The number of nitrogens with two attached hydrogens (primary N) is 1. The van der Waals surface area contributed by atoms with Gasteiger partial charge in [-0.05, 0) is 58.3 Å². The number of rotatable bonds is 4. The van der Waals surface area contributed by atoms with E-state index < -0.39 is 0 Å². The SMILES string of the molecule is N#CC(/C=C\N)=C/Cc1cc2sc3cc(-c4ccccc4)ccc3c2c2ccccc12. The second-order valence-corrected chi connectivity index (χ2v) is 8.55. The lowest BCUT2D eigenvalue weighted by Gasteiger charge is -2.07. The Balaban J connectivity index is 1.72. The van der Waals surface area contributed by atoms with Crippen LogP contribution in [0.5, 0.6) is 0 Å². The number of allylic oxidation sites excluding steroid dienone is 3. The Kier molecular flexibility index (Phi) is 5.00. The minimum absolute atomic E-state index is 0.579. The number of thiophene rings is 1. The zero-order valence-corrected chi connectivity index (χ0v) is 17.7. The summed E-state index contributed by atoms with van der Waals surface area (Å²) in [5, 5.41) is 14.4. The third-order valence-corrected chi connectivity index (χ3v) is 6.72. The normalized spacial score (nSPS) is 12.2. The van der Waals surface area contributed by atoms with Gasteiger partial charge in [0.1, 0.15) is 0 Å². The van der Waals surface area contributed by atoms with E-state index in [2.05, 4.69) is 78.9 Å². The van der Waals surface area contributed by atoms with Gasteiger partial charge < -0.3 is 5.73 Å². The molecule has 2 N–H and O–H groups in total. The number of hydrogen-bond acceptors (Lipinski definition) is 3. The largest absolute Gasteiger partial charge is 0.405 e. The lowest BCUT2D eigenvalue weighted by atomic mass is 9.96. The van der Waals surface area contributed by atoms with E-state index in [0.717, 1.165) is 0 Å². The molecule has 0 aliphatic carbocycles. The quantitative estimate of drug-likeness (QED) is 0.246. The number of nitrogens with zero attached hydrogens (tertiary/aromatic N) is 1. The van der Waals surface area contributed by atoms with Crippen molar-refractivity contribution in [3.05, 3.63) is 108 Å². The molecule has 4 aromatic carbocycles. The zero-order chi connectivity index (χ0) is 21.2. The van der Waals surface area contributed by atoms with Crippen molar-refractivity contribution in [1.82, 2.24) is 0 Å². The Labute approximate surface area is 185 Å². The van der Waals surface area contributed by atoms with E-state index in [0.29, 0.717) is 12.0 Å². The molecule has 0 saturated heterocycles. The average molecular weight is 417 g/mol. The van der Waals surface area contributed by atoms with Crippen molar-refractivity contribution in [2.24, 2.45) is 5.73 Å². The Morgan fingerprint density at radius 2 is 1.61 bits per heavy atom. The maximum absolute atomic E-state index is 9.31. The first-order chi connectivity index (χ1) is 15.3. The van der Waals surface area contributed by atoms with Crippen LogP contribution in [0.4, 0.5) is 0 Å². The fraction of sp³-hybridized carbons (Fsp3) is 0.0357. The first-order valence-corrected chi connectivity index (χ1v) is 11.0. The predicted molar refractivity (Wildman–Crippen MR) is 133 cm³/mol. The van der Waals surface area contributed by atoms with Crippen molar-refractivity contribution in [1.29, 1.82) is 5.26 Å². The number of nitriles is 1. The summed E-state index contributed by atoms with van der Waals surface area (Å²) in [6.45, 7) is 0. The van der Waals surface area contributed by atoms with Gasteiger partial charge >= 0.3 is 0 Å². The van der Waals surface area contributed by atoms with Crippen molar-refractivity contribution >= 4 is 42.3 Å². The van der Waals surface area contributed by atoms with Gasteiger partial charge in [-0.25, -0.2) is 0 Å². The summed E-state index contributed by atoms with van der Waals surface area (Å²) in [6.07, 6.45) is 5.68. The van der Waals surface area contributed by atoms with Gasteiger partial charge in [-0.2, -0.15) is 5.26 Å². The second-order valence-electron chi connectivity index (χ2n) is 7.47. The van der Waals surface area contributed by atoms with Gasteiger partial charge in [0.15, 0.2) is 0 Å². The van der Waals surface area contributed by atoms with Gasteiger partial charge in [0.2, 0.25) is 0 Å². The zero-order valence-electron chi connectivity index (χ0n) is 16.9. The molecule has 1 aromatic heterocycles. The van der Waals surface area contributed by atoms with Gasteiger partial charge in [0.25, 0.3) is 0 Å². The van der Waals surface area contributed by atoms with E-state index in [-0.39, 0.29) is 0 Å². The van der Waals surface area contributed by atoms with E-state index in [4.69, 9.17) is 5.73 Å². The second kappa shape index (κ2) is 8.10. The van der Waals surface area contributed by atoms with Gasteiger partial charge in [-0.1, -0.05) is 72.8 Å². The predicted octanol–water partition coefficient (Wildman–Crippen LogP) is 7.34. The van der Waals surface area contributed by atoms with Gasteiger partial charge in [0.05, 0.1) is 6.07 Å². The highest BCUT2D eigenvalue weighted by Crippen LogP contribution is 2.41. The highest BCUT2D eigenvalue weighted by atomic mass is 32.1.